The van der Waals surface area contributed by atoms with E-state index in [4.69, 9.17) is 15.4 Å². The van der Waals surface area contributed by atoms with Crippen LogP contribution >= 0.6 is 0 Å². The first-order valence-electron chi connectivity index (χ1n) is 6.59. The minimum absolute atomic E-state index is 0.0800. The molecule has 7 heteroatoms. The van der Waals surface area contributed by atoms with Crippen LogP contribution < -0.4 is 5.73 Å². The van der Waals surface area contributed by atoms with Gasteiger partial charge in [0.2, 0.25) is 0 Å². The first-order valence-corrected chi connectivity index (χ1v) is 6.59. The van der Waals surface area contributed by atoms with Crippen LogP contribution in [0.2, 0.25) is 0 Å². The topological polar surface area (TPSA) is 95.3 Å². The van der Waals surface area contributed by atoms with Crippen molar-refractivity contribution in [2.75, 3.05) is 26.2 Å². The van der Waals surface area contributed by atoms with Gasteiger partial charge in [0.05, 0.1) is 12.3 Å². The summed E-state index contributed by atoms with van der Waals surface area (Å²) in [5.74, 6) is 0.512. The minimum Gasteiger partial charge on any atom is -0.459 e. The third-order valence-electron chi connectivity index (χ3n) is 3.75. The molecule has 1 aliphatic rings. The molecule has 0 spiro atoms. The summed E-state index contributed by atoms with van der Waals surface area (Å²) < 4.78 is 5.23. The number of amides is 1. The van der Waals surface area contributed by atoms with E-state index >= 15 is 0 Å². The van der Waals surface area contributed by atoms with E-state index < -0.39 is 0 Å². The van der Waals surface area contributed by atoms with Gasteiger partial charge < -0.3 is 20.3 Å². The number of nitrogens with two attached hydrogens (primary N) is 1. The van der Waals surface area contributed by atoms with E-state index in [-0.39, 0.29) is 17.8 Å². The fraction of sp³-hybridized carbons (Fsp3) is 0.538. The predicted molar refractivity (Wildman–Crippen MR) is 73.8 cm³/mol. The van der Waals surface area contributed by atoms with Gasteiger partial charge >= 0.3 is 0 Å². The zero-order valence-corrected chi connectivity index (χ0v) is 11.7. The van der Waals surface area contributed by atoms with E-state index in [9.17, 15) is 4.79 Å². The smallest absolute Gasteiger partial charge is 0.289 e. The lowest BCUT2D eigenvalue weighted by atomic mass is 10.2. The molecule has 0 saturated carbocycles. The van der Waals surface area contributed by atoms with E-state index in [1.807, 2.05) is 13.8 Å². The number of aryl methyl sites for hydroxylation is 1. The molecule has 1 aromatic rings. The Morgan fingerprint density at radius 2 is 2.10 bits per heavy atom. The standard InChI is InChI=1S/C13H20N4O3/c1-9-3-8-20-11(9)13(18)17-6-4-16(5-7-17)10(2)12(14)15-19/h3,8,10,19H,4-7H2,1-2H3,(H2,14,15). The second-order valence-corrected chi connectivity index (χ2v) is 4.96. The van der Waals surface area contributed by atoms with Crippen molar-refractivity contribution in [3.8, 4) is 0 Å². The van der Waals surface area contributed by atoms with Gasteiger partial charge in [-0.25, -0.2) is 0 Å². The number of piperazine rings is 1. The second-order valence-electron chi connectivity index (χ2n) is 4.96. The van der Waals surface area contributed by atoms with Crippen LogP contribution in [0.25, 0.3) is 0 Å². The molecule has 1 atom stereocenters. The monoisotopic (exact) mass is 280 g/mol. The first kappa shape index (κ1) is 14.4. The molecule has 2 rings (SSSR count). The third-order valence-corrected chi connectivity index (χ3v) is 3.75. The molecule has 1 fully saturated rings. The van der Waals surface area contributed by atoms with Gasteiger partial charge in [-0.3, -0.25) is 9.69 Å². The Morgan fingerprint density at radius 1 is 1.45 bits per heavy atom. The molecular formula is C13H20N4O3. The lowest BCUT2D eigenvalue weighted by Gasteiger charge is -2.37. The Morgan fingerprint density at radius 3 is 2.60 bits per heavy atom. The summed E-state index contributed by atoms with van der Waals surface area (Å²) in [5.41, 5.74) is 6.45. The molecule has 1 saturated heterocycles. The molecule has 0 bridgehead atoms. The van der Waals surface area contributed by atoms with Gasteiger partial charge in [-0.2, -0.15) is 0 Å². The normalized spacial score (nSPS) is 19.1. The Hall–Kier alpha value is -2.02. The molecule has 1 aliphatic heterocycles. The highest BCUT2D eigenvalue weighted by atomic mass is 16.4. The van der Waals surface area contributed by atoms with Crippen molar-refractivity contribution in [1.82, 2.24) is 9.80 Å². The lowest BCUT2D eigenvalue weighted by Crippen LogP contribution is -2.54. The van der Waals surface area contributed by atoms with Crippen LogP contribution in [0.1, 0.15) is 23.0 Å². The van der Waals surface area contributed by atoms with Gasteiger partial charge in [0, 0.05) is 31.7 Å². The fourth-order valence-corrected chi connectivity index (χ4v) is 2.32. The SMILES string of the molecule is Cc1ccoc1C(=O)N1CCN(C(C)C(N)=NO)CC1. The summed E-state index contributed by atoms with van der Waals surface area (Å²) in [6.45, 7) is 6.30. The zero-order valence-electron chi connectivity index (χ0n) is 11.7. The number of rotatable bonds is 3. The van der Waals surface area contributed by atoms with Crippen LogP contribution in [0.5, 0.6) is 0 Å². The molecule has 1 unspecified atom stereocenters. The van der Waals surface area contributed by atoms with Crippen LogP contribution in [0, 0.1) is 6.92 Å². The molecule has 0 radical (unpaired) electrons. The van der Waals surface area contributed by atoms with Crippen LogP contribution in [-0.4, -0.2) is 59.0 Å². The molecule has 2 heterocycles. The van der Waals surface area contributed by atoms with Gasteiger partial charge in [0.25, 0.3) is 5.91 Å². The van der Waals surface area contributed by atoms with Gasteiger partial charge in [0.15, 0.2) is 11.6 Å². The van der Waals surface area contributed by atoms with Crippen LogP contribution in [-0.2, 0) is 0 Å². The Bertz CT molecular complexity index is 503. The summed E-state index contributed by atoms with van der Waals surface area (Å²) in [5, 5.41) is 11.7. The predicted octanol–water partition coefficient (Wildman–Crippen LogP) is 0.481. The Kier molecular flexibility index (Phi) is 4.29. The Labute approximate surface area is 117 Å². The molecule has 1 amide bonds. The number of amidine groups is 1. The molecule has 0 aromatic carbocycles. The number of furan rings is 1. The number of carbonyl (C=O) groups excluding carboxylic acids is 1. The van der Waals surface area contributed by atoms with Crippen LogP contribution in [0.3, 0.4) is 0 Å². The molecular weight excluding hydrogens is 260 g/mol. The summed E-state index contributed by atoms with van der Waals surface area (Å²) in [6, 6.07) is 1.65. The summed E-state index contributed by atoms with van der Waals surface area (Å²) in [7, 11) is 0. The van der Waals surface area contributed by atoms with Gasteiger partial charge in [-0.1, -0.05) is 5.16 Å². The lowest BCUT2D eigenvalue weighted by molar-refractivity contribution is 0.0587. The van der Waals surface area contributed by atoms with Crippen LogP contribution in [0.15, 0.2) is 21.9 Å². The Balaban J connectivity index is 1.95. The van der Waals surface area contributed by atoms with E-state index in [1.165, 1.54) is 6.26 Å². The van der Waals surface area contributed by atoms with E-state index in [0.29, 0.717) is 31.9 Å². The van der Waals surface area contributed by atoms with Crippen molar-refractivity contribution >= 4 is 11.7 Å². The van der Waals surface area contributed by atoms with E-state index in [0.717, 1.165) is 5.56 Å². The van der Waals surface area contributed by atoms with Crippen molar-refractivity contribution in [1.29, 1.82) is 0 Å². The van der Waals surface area contributed by atoms with E-state index in [2.05, 4.69) is 10.1 Å². The molecule has 110 valence electrons. The number of hydrogen-bond acceptors (Lipinski definition) is 5. The number of nitrogens with zero attached hydrogens (tertiary/aromatic N) is 3. The average molecular weight is 280 g/mol. The second kappa shape index (κ2) is 5.96. The molecule has 3 N–H and O–H groups in total. The largest absolute Gasteiger partial charge is 0.459 e. The average Bonchev–Trinajstić information content (AvgIpc) is 2.91. The molecule has 1 aromatic heterocycles. The zero-order chi connectivity index (χ0) is 14.7. The minimum atomic E-state index is -0.136. The van der Waals surface area contributed by atoms with Crippen LogP contribution in [0.4, 0.5) is 0 Å². The van der Waals surface area contributed by atoms with Crippen molar-refractivity contribution in [2.45, 2.75) is 19.9 Å². The van der Waals surface area contributed by atoms with Crippen molar-refractivity contribution in [2.24, 2.45) is 10.9 Å². The van der Waals surface area contributed by atoms with Gasteiger partial charge in [-0.05, 0) is 19.9 Å². The van der Waals surface area contributed by atoms with Crippen molar-refractivity contribution in [3.05, 3.63) is 23.7 Å². The molecule has 0 aliphatic carbocycles. The fourth-order valence-electron chi connectivity index (χ4n) is 2.32. The van der Waals surface area contributed by atoms with Gasteiger partial charge in [-0.15, -0.1) is 0 Å². The summed E-state index contributed by atoms with van der Waals surface area (Å²) in [4.78, 5) is 16.1. The summed E-state index contributed by atoms with van der Waals surface area (Å²) in [6.07, 6.45) is 1.53. The highest BCUT2D eigenvalue weighted by Crippen LogP contribution is 2.14. The van der Waals surface area contributed by atoms with E-state index in [1.54, 1.807) is 11.0 Å². The first-order chi connectivity index (χ1) is 9.54. The molecule has 7 nitrogen and oxygen atoms in total. The maximum atomic E-state index is 12.3. The van der Waals surface area contributed by atoms with Crippen molar-refractivity contribution < 1.29 is 14.4 Å². The number of hydrogen-bond donors (Lipinski definition) is 2. The quantitative estimate of drug-likeness (QED) is 0.363. The maximum absolute atomic E-state index is 12.3. The molecule has 20 heavy (non-hydrogen) atoms. The number of carbonyl (C=O) groups is 1. The maximum Gasteiger partial charge on any atom is 0.289 e. The van der Waals surface area contributed by atoms with Crippen molar-refractivity contribution in [3.63, 3.8) is 0 Å². The highest BCUT2D eigenvalue weighted by molar-refractivity contribution is 5.93. The number of oxime groups is 1. The van der Waals surface area contributed by atoms with Gasteiger partial charge in [0.1, 0.15) is 0 Å². The highest BCUT2D eigenvalue weighted by Gasteiger charge is 2.28. The third kappa shape index (κ3) is 2.77. The summed E-state index contributed by atoms with van der Waals surface area (Å²) >= 11 is 0.